The molecule has 0 radical (unpaired) electrons. The zero-order valence-corrected chi connectivity index (χ0v) is 77.2. The SMILES string of the molecule is COC(=O)c1ccc(NC(=O)c2cccc(-n3cnc4ccccc43)c2)cc1OC.COc1cc(NC(=O)c2cccc(-n3cnc4ccccc43)c2)ccc1C#N.COc1cc(NC(=O)c2cccc(-n3cnc4ccccc43)c2)ccc1C(=O)O.COc1cc(NC(=O)c2cccc(-n3cnc4ccccc43)c2)ccc1O.COc1ccc(NC(=O)c2cccc(-n3cnc4ccccc43)c2)cc1OC. The van der Waals surface area contributed by atoms with E-state index in [2.05, 4.69) is 51.5 Å². The lowest BCUT2D eigenvalue weighted by Gasteiger charge is -2.11. The molecule has 15 aromatic carbocycles. The highest BCUT2D eigenvalue weighted by Gasteiger charge is 2.22. The lowest BCUT2D eigenvalue weighted by Crippen LogP contribution is -2.13. The van der Waals surface area contributed by atoms with Crippen LogP contribution >= 0.6 is 0 Å². The summed E-state index contributed by atoms with van der Waals surface area (Å²) in [4.78, 5) is 109. The average Bonchev–Trinajstić information content (AvgIpc) is 1.65. The topological polar surface area (TPSA) is 398 Å². The molecule has 7 N–H and O–H groups in total. The van der Waals surface area contributed by atoms with Crippen LogP contribution in [-0.4, -0.2) is 149 Å². The number of amides is 5. The number of anilines is 5. The molecule has 20 aromatic rings. The predicted molar refractivity (Wildman–Crippen MR) is 541 cm³/mol. The van der Waals surface area contributed by atoms with Crippen LogP contribution in [0.4, 0.5) is 28.4 Å². The lowest BCUT2D eigenvalue weighted by atomic mass is 10.1. The normalized spacial score (nSPS) is 10.6. The van der Waals surface area contributed by atoms with Crippen LogP contribution in [0.1, 0.15) is 78.1 Å². The highest BCUT2D eigenvalue weighted by Crippen LogP contribution is 2.35. The number of aromatic carboxylic acids is 1. The third kappa shape index (κ3) is 21.8. The van der Waals surface area contributed by atoms with Crippen LogP contribution in [0.3, 0.4) is 0 Å². The molecule has 5 aromatic heterocycles. The van der Waals surface area contributed by atoms with Gasteiger partial charge < -0.3 is 70.0 Å². The van der Waals surface area contributed by atoms with Gasteiger partial charge in [0.2, 0.25) is 0 Å². The van der Waals surface area contributed by atoms with Crippen molar-refractivity contribution in [2.75, 3.05) is 76.4 Å². The summed E-state index contributed by atoms with van der Waals surface area (Å²) in [6.45, 7) is 0. The minimum Gasteiger partial charge on any atom is -0.504 e. The molecular formula is C110H88N16O16. The summed E-state index contributed by atoms with van der Waals surface area (Å²) in [5.74, 6) is -0.540. The van der Waals surface area contributed by atoms with Crippen LogP contribution < -0.4 is 55.0 Å². The van der Waals surface area contributed by atoms with E-state index < -0.39 is 11.9 Å². The van der Waals surface area contributed by atoms with E-state index in [1.165, 1.54) is 59.8 Å². The zero-order valence-electron chi connectivity index (χ0n) is 77.2. The largest absolute Gasteiger partial charge is 0.504 e. The van der Waals surface area contributed by atoms with Crippen LogP contribution in [0.5, 0.6) is 40.2 Å². The summed E-state index contributed by atoms with van der Waals surface area (Å²) in [7, 11) is 10.2. The first-order valence-electron chi connectivity index (χ1n) is 43.8. The van der Waals surface area contributed by atoms with E-state index in [1.54, 1.807) is 167 Å². The first-order chi connectivity index (χ1) is 69.2. The van der Waals surface area contributed by atoms with Crippen LogP contribution in [0.15, 0.2) is 365 Å². The number of nitrogens with one attached hydrogen (secondary N) is 5. The van der Waals surface area contributed by atoms with Gasteiger partial charge in [0, 0.05) is 115 Å². The van der Waals surface area contributed by atoms with Gasteiger partial charge in [-0.1, -0.05) is 91.0 Å². The number of phenolic OH excluding ortho intramolecular Hbond substituents is 1. The third-order valence-corrected chi connectivity index (χ3v) is 22.4. The Morgan fingerprint density at radius 2 is 0.535 bits per heavy atom. The number of hydrogen-bond acceptors (Lipinski definition) is 21. The monoisotopic (exact) mass is 1890 g/mol. The van der Waals surface area contributed by atoms with Gasteiger partial charge in [0.1, 0.15) is 66.1 Å². The lowest BCUT2D eigenvalue weighted by molar-refractivity contribution is 0.0595. The predicted octanol–water partition coefficient (Wildman–Crippen LogP) is 20.5. The number of nitriles is 1. The van der Waals surface area contributed by atoms with Crippen molar-refractivity contribution in [3.05, 3.63) is 410 Å². The second-order valence-electron chi connectivity index (χ2n) is 31.1. The van der Waals surface area contributed by atoms with Crippen molar-refractivity contribution in [1.82, 2.24) is 47.8 Å². The summed E-state index contributed by atoms with van der Waals surface area (Å²) in [6.07, 6.45) is 8.70. The van der Waals surface area contributed by atoms with Crippen LogP contribution in [0.25, 0.3) is 83.6 Å². The Labute approximate surface area is 811 Å². The van der Waals surface area contributed by atoms with E-state index in [0.29, 0.717) is 90.6 Å². The van der Waals surface area contributed by atoms with Crippen molar-refractivity contribution in [2.24, 2.45) is 0 Å². The molecule has 20 rings (SSSR count). The number of esters is 1. The maximum absolute atomic E-state index is 12.8. The Hall–Kier alpha value is -20.0. The maximum Gasteiger partial charge on any atom is 0.341 e. The van der Waals surface area contributed by atoms with Crippen molar-refractivity contribution >= 4 is 125 Å². The van der Waals surface area contributed by atoms with Gasteiger partial charge in [0.15, 0.2) is 23.0 Å². The summed E-state index contributed by atoms with van der Waals surface area (Å²) < 4.78 is 45.5. The van der Waals surface area contributed by atoms with Gasteiger partial charge >= 0.3 is 11.9 Å². The maximum atomic E-state index is 12.8. The zero-order chi connectivity index (χ0) is 99.3. The van der Waals surface area contributed by atoms with Gasteiger partial charge in [-0.25, -0.2) is 34.5 Å². The van der Waals surface area contributed by atoms with Gasteiger partial charge in [-0.2, -0.15) is 5.26 Å². The summed E-state index contributed by atoms with van der Waals surface area (Å²) in [5, 5.41) is 42.1. The van der Waals surface area contributed by atoms with Crippen molar-refractivity contribution in [3.8, 4) is 74.8 Å². The molecule has 0 aliphatic rings. The minimum absolute atomic E-state index is 0.0180. The summed E-state index contributed by atoms with van der Waals surface area (Å²) >= 11 is 0. The number of hydrogen-bond donors (Lipinski definition) is 7. The molecule has 0 fully saturated rings. The number of carboxylic acid groups (broad SMARTS) is 1. The van der Waals surface area contributed by atoms with Gasteiger partial charge in [0.25, 0.3) is 29.5 Å². The molecule has 0 aliphatic carbocycles. The number of ether oxygens (including phenoxy) is 7. The molecule has 5 heterocycles. The number of imidazole rings is 5. The fourth-order valence-electron chi connectivity index (χ4n) is 15.3. The minimum atomic E-state index is -1.10. The summed E-state index contributed by atoms with van der Waals surface area (Å²) in [6, 6.07) is 102. The smallest absolute Gasteiger partial charge is 0.341 e. The van der Waals surface area contributed by atoms with Crippen molar-refractivity contribution in [1.29, 1.82) is 5.26 Å². The first kappa shape index (κ1) is 95.2. The molecule has 0 spiro atoms. The van der Waals surface area contributed by atoms with Crippen molar-refractivity contribution in [2.45, 2.75) is 0 Å². The van der Waals surface area contributed by atoms with E-state index in [0.717, 1.165) is 83.6 Å². The van der Waals surface area contributed by atoms with E-state index in [9.17, 15) is 38.7 Å². The summed E-state index contributed by atoms with van der Waals surface area (Å²) in [5.41, 5.74) is 19.4. The van der Waals surface area contributed by atoms with Crippen LogP contribution in [0.2, 0.25) is 0 Å². The molecular weight excluding hydrogens is 1800 g/mol. The van der Waals surface area contributed by atoms with Gasteiger partial charge in [0.05, 0.1) is 110 Å². The number of carbonyl (C=O) groups is 7. The molecule has 32 nitrogen and oxygen atoms in total. The number of benzene rings is 15. The number of aromatic nitrogens is 10. The molecule has 704 valence electrons. The highest BCUT2D eigenvalue weighted by atomic mass is 16.5. The standard InChI is InChI=1S/C23H19N3O4.C22H16N4O2.C22H17N3O4.C22H19N3O3.C21H17N3O3/c1-29-21-13-16(10-11-18(21)23(28)30-2)25-22(27)15-6-5-7-17(12-15)26-14-24-19-8-3-4-9-20(19)26;1-28-21-12-17(10-9-16(21)13-23)25-22(27)15-5-4-6-18(11-15)26-14-24-19-7-2-3-8-20(19)26;1-29-20-12-15(9-10-17(20)22(27)28)24-21(26)14-5-4-6-16(11-14)25-13-23-18-7-2-3-8-19(18)25;1-27-20-11-10-16(13-21(20)28-2)24-22(26)15-6-5-7-17(12-15)25-14-23-18-8-3-4-9-19(18)25;1-27-20-12-15(9-10-19(20)25)23-21(26)14-5-4-6-16(11-14)24-13-22-17-7-2-3-8-18(17)24/h3-14H,1-2H3,(H,25,27);2-12,14H,1H3,(H,25,27);2-13H,1H3,(H,24,26)(H,27,28);3-14H,1-2H3,(H,24,26);2-13,25H,1H3,(H,23,26). The van der Waals surface area contributed by atoms with Crippen LogP contribution in [-0.2, 0) is 4.74 Å². The fourth-order valence-corrected chi connectivity index (χ4v) is 15.3. The number of fused-ring (bicyclic) bond motifs is 5. The number of para-hydroxylation sites is 10. The number of carbonyl (C=O) groups excluding carboxylic acids is 6. The Bertz CT molecular complexity index is 8180. The van der Waals surface area contributed by atoms with Crippen molar-refractivity contribution in [3.63, 3.8) is 0 Å². The second-order valence-corrected chi connectivity index (χ2v) is 31.1. The van der Waals surface area contributed by atoms with Gasteiger partial charge in [-0.05, 0) is 212 Å². The number of rotatable bonds is 23. The van der Waals surface area contributed by atoms with Gasteiger partial charge in [-0.3, -0.25) is 46.8 Å². The van der Waals surface area contributed by atoms with E-state index >= 15 is 0 Å². The Balaban J connectivity index is 0.000000128. The molecule has 5 amide bonds. The first-order valence-corrected chi connectivity index (χ1v) is 43.8. The highest BCUT2D eigenvalue weighted by molar-refractivity contribution is 6.09. The van der Waals surface area contributed by atoms with Gasteiger partial charge in [-0.15, -0.1) is 0 Å². The molecule has 0 atom stereocenters. The molecule has 0 bridgehead atoms. The molecule has 32 heteroatoms. The quantitative estimate of drug-likeness (QED) is 0.0231. The molecule has 0 aliphatic heterocycles. The van der Waals surface area contributed by atoms with Crippen LogP contribution in [0, 0.1) is 11.3 Å². The number of nitrogens with zero attached hydrogens (tertiary/aromatic N) is 11. The average molecular weight is 1890 g/mol. The molecule has 142 heavy (non-hydrogen) atoms. The number of aromatic hydroxyl groups is 1. The Morgan fingerprint density at radius 3 is 0.831 bits per heavy atom. The van der Waals surface area contributed by atoms with E-state index in [1.807, 2.05) is 217 Å². The third-order valence-electron chi connectivity index (χ3n) is 22.4. The molecule has 0 unspecified atom stereocenters. The Morgan fingerprint density at radius 1 is 0.275 bits per heavy atom. The van der Waals surface area contributed by atoms with Crippen molar-refractivity contribution < 1.29 is 76.9 Å². The number of methoxy groups -OCH3 is 7. The Kier molecular flexibility index (Phi) is 29.5. The number of phenols is 1. The second kappa shape index (κ2) is 44.0. The van der Waals surface area contributed by atoms with E-state index in [-0.39, 0.29) is 52.2 Å². The van der Waals surface area contributed by atoms with E-state index in [4.69, 9.17) is 43.5 Å². The number of carboxylic acids is 1. The fraction of sp³-hybridized carbons (Fsp3) is 0.0636. The molecule has 0 saturated heterocycles. The molecule has 0 saturated carbocycles.